The minimum absolute atomic E-state index is 0.236. The Bertz CT molecular complexity index is 535. The van der Waals surface area contributed by atoms with Crippen LogP contribution in [-0.4, -0.2) is 31.2 Å². The number of imide groups is 1. The van der Waals surface area contributed by atoms with E-state index in [1.54, 1.807) is 23.5 Å². The summed E-state index contributed by atoms with van der Waals surface area (Å²) in [6.45, 7) is 0.131. The molecule has 0 atom stereocenters. The molecule has 0 spiro atoms. The molecule has 9 heteroatoms. The van der Waals surface area contributed by atoms with Crippen LogP contribution in [0.2, 0.25) is 0 Å². The van der Waals surface area contributed by atoms with Crippen LogP contribution >= 0.6 is 15.9 Å². The van der Waals surface area contributed by atoms with E-state index in [4.69, 9.17) is 0 Å². The smallest absolute Gasteiger partial charge is 0.376 e. The Labute approximate surface area is 127 Å². The first kappa shape index (κ1) is 17.3. The third kappa shape index (κ3) is 6.98. The average Bonchev–Trinajstić information content (AvgIpc) is 2.37. The second kappa shape index (κ2) is 7.30. The summed E-state index contributed by atoms with van der Waals surface area (Å²) in [6, 6.07) is 4.09. The van der Waals surface area contributed by atoms with Crippen molar-refractivity contribution in [1.29, 1.82) is 0 Å². The third-order valence-corrected chi connectivity index (χ3v) is 3.20. The Hall–Kier alpha value is -1.77. The Morgan fingerprint density at radius 1 is 1.29 bits per heavy atom. The molecular weight excluding hydrogens is 355 g/mol. The van der Waals surface area contributed by atoms with E-state index in [0.29, 0.717) is 5.69 Å². The van der Waals surface area contributed by atoms with Crippen LogP contribution in [0.5, 0.6) is 0 Å². The molecule has 0 saturated carbocycles. The molecule has 3 N–H and O–H groups in total. The second-order valence-corrected chi connectivity index (χ2v) is 5.02. The minimum Gasteiger partial charge on any atom is -0.376 e. The van der Waals surface area contributed by atoms with Crippen molar-refractivity contribution in [3.8, 4) is 0 Å². The number of aryl methyl sites for hydroxylation is 1. The lowest BCUT2D eigenvalue weighted by Gasteiger charge is -2.10. The fourth-order valence-electron chi connectivity index (χ4n) is 1.33. The molecule has 1 rings (SSSR count). The van der Waals surface area contributed by atoms with E-state index in [0.717, 1.165) is 10.0 Å². The van der Waals surface area contributed by atoms with Crippen LogP contribution in [0.3, 0.4) is 0 Å². The van der Waals surface area contributed by atoms with Gasteiger partial charge >= 0.3 is 12.2 Å². The summed E-state index contributed by atoms with van der Waals surface area (Å²) in [5, 5.41) is 6.08. The number of amides is 3. The molecular formula is C12H13BrF3N3O2. The highest BCUT2D eigenvalue weighted by atomic mass is 79.9. The fourth-order valence-corrected chi connectivity index (χ4v) is 1.58. The number of urea groups is 1. The normalized spacial score (nSPS) is 10.9. The Morgan fingerprint density at radius 2 is 1.95 bits per heavy atom. The van der Waals surface area contributed by atoms with Gasteiger partial charge in [-0.3, -0.25) is 10.1 Å². The molecule has 116 valence electrons. The molecule has 0 unspecified atom stereocenters. The van der Waals surface area contributed by atoms with Crippen LogP contribution in [-0.2, 0) is 4.79 Å². The number of benzene rings is 1. The molecule has 5 nitrogen and oxygen atoms in total. The van der Waals surface area contributed by atoms with Crippen molar-refractivity contribution >= 4 is 33.6 Å². The van der Waals surface area contributed by atoms with Gasteiger partial charge in [0.15, 0.2) is 0 Å². The van der Waals surface area contributed by atoms with Crippen LogP contribution in [0.15, 0.2) is 22.7 Å². The monoisotopic (exact) mass is 367 g/mol. The van der Waals surface area contributed by atoms with E-state index >= 15 is 0 Å². The maximum absolute atomic E-state index is 11.8. The van der Waals surface area contributed by atoms with Gasteiger partial charge in [-0.15, -0.1) is 0 Å². The Balaban J connectivity index is 2.37. The number of alkyl halides is 3. The molecule has 21 heavy (non-hydrogen) atoms. The van der Waals surface area contributed by atoms with Crippen LogP contribution in [0.4, 0.5) is 23.7 Å². The minimum atomic E-state index is -4.52. The SMILES string of the molecule is Cc1cc(NCC(=O)NC(=O)NCC(F)(F)F)ccc1Br. The van der Waals surface area contributed by atoms with Gasteiger partial charge in [-0.2, -0.15) is 13.2 Å². The van der Waals surface area contributed by atoms with E-state index in [1.807, 2.05) is 6.92 Å². The van der Waals surface area contributed by atoms with Gasteiger partial charge in [0, 0.05) is 10.2 Å². The van der Waals surface area contributed by atoms with Crippen molar-refractivity contribution in [2.75, 3.05) is 18.4 Å². The lowest BCUT2D eigenvalue weighted by atomic mass is 10.2. The van der Waals surface area contributed by atoms with Crippen LogP contribution in [0, 0.1) is 6.92 Å². The molecule has 3 amide bonds. The predicted molar refractivity (Wildman–Crippen MR) is 75.0 cm³/mol. The first-order chi connectivity index (χ1) is 9.67. The van der Waals surface area contributed by atoms with E-state index in [2.05, 4.69) is 21.2 Å². The first-order valence-corrected chi connectivity index (χ1v) is 6.61. The summed E-state index contributed by atoms with van der Waals surface area (Å²) in [7, 11) is 0. The zero-order chi connectivity index (χ0) is 16.0. The van der Waals surface area contributed by atoms with Gasteiger partial charge < -0.3 is 10.6 Å². The highest BCUT2D eigenvalue weighted by Gasteiger charge is 2.27. The number of rotatable bonds is 4. The van der Waals surface area contributed by atoms with Gasteiger partial charge in [-0.1, -0.05) is 15.9 Å². The molecule has 0 aromatic heterocycles. The van der Waals surface area contributed by atoms with Crippen LogP contribution in [0.1, 0.15) is 5.56 Å². The number of carbonyl (C=O) groups is 2. The van der Waals surface area contributed by atoms with Crippen molar-refractivity contribution in [3.63, 3.8) is 0 Å². The maximum Gasteiger partial charge on any atom is 0.405 e. The number of anilines is 1. The molecule has 0 aliphatic rings. The number of hydrogen-bond acceptors (Lipinski definition) is 3. The molecule has 0 heterocycles. The van der Waals surface area contributed by atoms with E-state index < -0.39 is 24.7 Å². The summed E-state index contributed by atoms with van der Waals surface area (Å²) >= 11 is 3.32. The highest BCUT2D eigenvalue weighted by Crippen LogP contribution is 2.19. The van der Waals surface area contributed by atoms with E-state index in [9.17, 15) is 22.8 Å². The average molecular weight is 368 g/mol. The molecule has 0 saturated heterocycles. The van der Waals surface area contributed by atoms with Crippen molar-refractivity contribution in [3.05, 3.63) is 28.2 Å². The summed E-state index contributed by atoms with van der Waals surface area (Å²) in [6.07, 6.45) is -4.52. The van der Waals surface area contributed by atoms with Crippen molar-refractivity contribution in [2.24, 2.45) is 0 Å². The number of halogens is 4. The van der Waals surface area contributed by atoms with Gasteiger partial charge in [0.25, 0.3) is 0 Å². The standard InChI is InChI=1S/C12H13BrF3N3O2/c1-7-4-8(2-3-9(7)13)17-5-10(20)19-11(21)18-6-12(14,15)16/h2-4,17H,5-6H2,1H3,(H2,18,19,20,21). The molecule has 0 radical (unpaired) electrons. The van der Waals surface area contributed by atoms with Gasteiger partial charge in [0.2, 0.25) is 5.91 Å². The lowest BCUT2D eigenvalue weighted by Crippen LogP contribution is -2.45. The molecule has 1 aromatic carbocycles. The zero-order valence-corrected chi connectivity index (χ0v) is 12.6. The van der Waals surface area contributed by atoms with Gasteiger partial charge in [-0.05, 0) is 30.7 Å². The third-order valence-electron chi connectivity index (χ3n) is 2.31. The zero-order valence-electron chi connectivity index (χ0n) is 11.0. The Morgan fingerprint density at radius 3 is 2.52 bits per heavy atom. The predicted octanol–water partition coefficient (Wildman–Crippen LogP) is 2.56. The van der Waals surface area contributed by atoms with Crippen LogP contribution < -0.4 is 16.0 Å². The fraction of sp³-hybridized carbons (Fsp3) is 0.333. The van der Waals surface area contributed by atoms with Crippen molar-refractivity contribution in [2.45, 2.75) is 13.1 Å². The van der Waals surface area contributed by atoms with E-state index in [-0.39, 0.29) is 6.54 Å². The highest BCUT2D eigenvalue weighted by molar-refractivity contribution is 9.10. The van der Waals surface area contributed by atoms with Crippen molar-refractivity contribution < 1.29 is 22.8 Å². The Kier molecular flexibility index (Phi) is 6.01. The number of carbonyl (C=O) groups excluding carboxylic acids is 2. The number of hydrogen-bond donors (Lipinski definition) is 3. The lowest BCUT2D eigenvalue weighted by molar-refractivity contribution is -0.124. The molecule has 0 aliphatic heterocycles. The largest absolute Gasteiger partial charge is 0.405 e. The summed E-state index contributed by atoms with van der Waals surface area (Å²) < 4.78 is 36.5. The summed E-state index contributed by atoms with van der Waals surface area (Å²) in [5.41, 5.74) is 1.60. The van der Waals surface area contributed by atoms with Gasteiger partial charge in [0.1, 0.15) is 6.54 Å². The van der Waals surface area contributed by atoms with E-state index in [1.165, 1.54) is 5.32 Å². The van der Waals surface area contributed by atoms with Crippen molar-refractivity contribution in [1.82, 2.24) is 10.6 Å². The topological polar surface area (TPSA) is 70.2 Å². The summed E-state index contributed by atoms with van der Waals surface area (Å²) in [4.78, 5) is 22.4. The molecule has 0 fully saturated rings. The molecule has 1 aromatic rings. The maximum atomic E-state index is 11.8. The quantitative estimate of drug-likeness (QED) is 0.765. The first-order valence-electron chi connectivity index (χ1n) is 5.82. The second-order valence-electron chi connectivity index (χ2n) is 4.16. The van der Waals surface area contributed by atoms with Gasteiger partial charge in [-0.25, -0.2) is 4.79 Å². The molecule has 0 bridgehead atoms. The van der Waals surface area contributed by atoms with Crippen LogP contribution in [0.25, 0.3) is 0 Å². The summed E-state index contributed by atoms with van der Waals surface area (Å²) in [5.74, 6) is -0.741. The number of nitrogens with one attached hydrogen (secondary N) is 3. The molecule has 0 aliphatic carbocycles. The van der Waals surface area contributed by atoms with Gasteiger partial charge in [0.05, 0.1) is 6.54 Å².